The summed E-state index contributed by atoms with van der Waals surface area (Å²) in [7, 11) is 0. The summed E-state index contributed by atoms with van der Waals surface area (Å²) < 4.78 is 0. The van der Waals surface area contributed by atoms with Crippen molar-refractivity contribution in [3.63, 3.8) is 0 Å². The van der Waals surface area contributed by atoms with Crippen molar-refractivity contribution in [2.24, 2.45) is 0 Å². The highest BCUT2D eigenvalue weighted by Crippen LogP contribution is 2.22. The molecule has 0 radical (unpaired) electrons. The Morgan fingerprint density at radius 3 is 2.24 bits per heavy atom. The van der Waals surface area contributed by atoms with Gasteiger partial charge in [0.15, 0.2) is 0 Å². The molecular weight excluding hydrogens is 210 g/mol. The van der Waals surface area contributed by atoms with E-state index in [1.165, 1.54) is 22.3 Å². The van der Waals surface area contributed by atoms with Crippen molar-refractivity contribution in [2.45, 2.75) is 53.1 Å². The van der Waals surface area contributed by atoms with Crippen molar-refractivity contribution < 1.29 is 5.11 Å². The summed E-state index contributed by atoms with van der Waals surface area (Å²) in [6.07, 6.45) is 0.800. The SMILES string of the molecule is Cc1cc(C)c(C(C)NC(C)CCO)cc1C. The number of hydrogen-bond donors (Lipinski definition) is 2. The molecule has 0 aliphatic carbocycles. The average Bonchev–Trinajstić information content (AvgIpc) is 2.23. The van der Waals surface area contributed by atoms with Crippen molar-refractivity contribution in [3.8, 4) is 0 Å². The highest BCUT2D eigenvalue weighted by molar-refractivity contribution is 5.38. The number of aliphatic hydroxyl groups is 1. The third-order valence-electron chi connectivity index (χ3n) is 3.45. The summed E-state index contributed by atoms with van der Waals surface area (Å²) in [5, 5.41) is 12.4. The number of nitrogens with one attached hydrogen (secondary N) is 1. The molecule has 96 valence electrons. The van der Waals surface area contributed by atoms with E-state index in [1.54, 1.807) is 0 Å². The van der Waals surface area contributed by atoms with E-state index in [1.807, 2.05) is 0 Å². The fourth-order valence-corrected chi connectivity index (χ4v) is 2.24. The molecule has 0 fully saturated rings. The molecule has 1 aromatic carbocycles. The fourth-order valence-electron chi connectivity index (χ4n) is 2.24. The highest BCUT2D eigenvalue weighted by atomic mass is 16.3. The van der Waals surface area contributed by atoms with E-state index in [0.717, 1.165) is 6.42 Å². The fraction of sp³-hybridized carbons (Fsp3) is 0.600. The monoisotopic (exact) mass is 235 g/mol. The molecule has 2 nitrogen and oxygen atoms in total. The summed E-state index contributed by atoms with van der Waals surface area (Å²) in [6, 6.07) is 5.19. The molecule has 17 heavy (non-hydrogen) atoms. The van der Waals surface area contributed by atoms with Crippen molar-refractivity contribution in [3.05, 3.63) is 34.4 Å². The Morgan fingerprint density at radius 2 is 1.65 bits per heavy atom. The molecule has 2 unspecified atom stereocenters. The Kier molecular flexibility index (Phi) is 5.16. The molecular formula is C15H25NO. The van der Waals surface area contributed by atoms with Gasteiger partial charge in [-0.15, -0.1) is 0 Å². The lowest BCUT2D eigenvalue weighted by Crippen LogP contribution is -2.30. The lowest BCUT2D eigenvalue weighted by molar-refractivity contribution is 0.264. The standard InChI is InChI=1S/C15H25NO/c1-10-8-12(3)15(9-11(10)2)14(5)16-13(4)6-7-17/h8-9,13-14,16-17H,6-7H2,1-5H3. The molecule has 0 saturated carbocycles. The first kappa shape index (κ1) is 14.2. The Labute approximate surface area is 105 Å². The predicted molar refractivity (Wildman–Crippen MR) is 73.4 cm³/mol. The first-order valence-electron chi connectivity index (χ1n) is 6.40. The predicted octanol–water partition coefficient (Wildman–Crippen LogP) is 3.03. The van der Waals surface area contributed by atoms with Crippen LogP contribution in [0.5, 0.6) is 0 Å². The summed E-state index contributed by atoms with van der Waals surface area (Å²) in [5.74, 6) is 0. The molecule has 0 saturated heterocycles. The molecule has 2 atom stereocenters. The number of benzene rings is 1. The molecule has 0 aliphatic rings. The third kappa shape index (κ3) is 3.83. The van der Waals surface area contributed by atoms with E-state index >= 15 is 0 Å². The van der Waals surface area contributed by atoms with Crippen LogP contribution in [0.25, 0.3) is 0 Å². The number of aryl methyl sites for hydroxylation is 3. The number of aliphatic hydroxyl groups excluding tert-OH is 1. The van der Waals surface area contributed by atoms with Gasteiger partial charge in [0.05, 0.1) is 0 Å². The van der Waals surface area contributed by atoms with Gasteiger partial charge in [0.25, 0.3) is 0 Å². The minimum Gasteiger partial charge on any atom is -0.396 e. The first-order chi connectivity index (χ1) is 7.95. The second-order valence-corrected chi connectivity index (χ2v) is 5.09. The Morgan fingerprint density at radius 1 is 1.06 bits per heavy atom. The first-order valence-corrected chi connectivity index (χ1v) is 6.40. The van der Waals surface area contributed by atoms with Gasteiger partial charge >= 0.3 is 0 Å². The lowest BCUT2D eigenvalue weighted by atomic mass is 9.96. The van der Waals surface area contributed by atoms with Crippen LogP contribution in [0, 0.1) is 20.8 Å². The molecule has 2 N–H and O–H groups in total. The third-order valence-corrected chi connectivity index (χ3v) is 3.45. The molecule has 0 spiro atoms. The van der Waals surface area contributed by atoms with E-state index in [4.69, 9.17) is 5.11 Å². The number of hydrogen-bond acceptors (Lipinski definition) is 2. The minimum atomic E-state index is 0.243. The van der Waals surface area contributed by atoms with Crippen LogP contribution >= 0.6 is 0 Å². The zero-order valence-electron chi connectivity index (χ0n) is 11.7. The Balaban J connectivity index is 2.81. The topological polar surface area (TPSA) is 32.3 Å². The van der Waals surface area contributed by atoms with Crippen molar-refractivity contribution in [2.75, 3.05) is 6.61 Å². The normalized spacial score (nSPS) is 14.7. The Hall–Kier alpha value is -0.860. The van der Waals surface area contributed by atoms with E-state index in [-0.39, 0.29) is 6.61 Å². The average molecular weight is 235 g/mol. The summed E-state index contributed by atoms with van der Waals surface area (Å²) in [5.41, 5.74) is 5.39. The zero-order valence-corrected chi connectivity index (χ0v) is 11.7. The molecule has 1 aromatic rings. The number of rotatable bonds is 5. The summed E-state index contributed by atoms with van der Waals surface area (Å²) in [4.78, 5) is 0. The maximum absolute atomic E-state index is 8.92. The molecule has 2 heteroatoms. The van der Waals surface area contributed by atoms with Gasteiger partial charge in [-0.2, -0.15) is 0 Å². The molecule has 0 amide bonds. The van der Waals surface area contributed by atoms with Crippen LogP contribution in [0.2, 0.25) is 0 Å². The van der Waals surface area contributed by atoms with Crippen LogP contribution < -0.4 is 5.32 Å². The molecule has 0 heterocycles. The van der Waals surface area contributed by atoms with Crippen LogP contribution in [0.4, 0.5) is 0 Å². The van der Waals surface area contributed by atoms with E-state index in [0.29, 0.717) is 12.1 Å². The van der Waals surface area contributed by atoms with Gasteiger partial charge in [0.1, 0.15) is 0 Å². The van der Waals surface area contributed by atoms with E-state index < -0.39 is 0 Å². The van der Waals surface area contributed by atoms with Crippen LogP contribution in [0.1, 0.15) is 48.6 Å². The van der Waals surface area contributed by atoms with Crippen LogP contribution in [0.3, 0.4) is 0 Å². The quantitative estimate of drug-likeness (QED) is 0.822. The Bertz CT molecular complexity index is 373. The van der Waals surface area contributed by atoms with Gasteiger partial charge in [0.2, 0.25) is 0 Å². The second kappa shape index (κ2) is 6.18. The van der Waals surface area contributed by atoms with Gasteiger partial charge in [-0.1, -0.05) is 12.1 Å². The van der Waals surface area contributed by atoms with Gasteiger partial charge < -0.3 is 10.4 Å². The zero-order chi connectivity index (χ0) is 13.0. The van der Waals surface area contributed by atoms with Crippen molar-refractivity contribution >= 4 is 0 Å². The summed E-state index contributed by atoms with van der Waals surface area (Å²) >= 11 is 0. The maximum Gasteiger partial charge on any atom is 0.0445 e. The van der Waals surface area contributed by atoms with E-state index in [2.05, 4.69) is 52.1 Å². The second-order valence-electron chi connectivity index (χ2n) is 5.09. The highest BCUT2D eigenvalue weighted by Gasteiger charge is 2.12. The van der Waals surface area contributed by atoms with Crippen LogP contribution in [-0.4, -0.2) is 17.8 Å². The maximum atomic E-state index is 8.92. The van der Waals surface area contributed by atoms with Gasteiger partial charge in [-0.25, -0.2) is 0 Å². The molecule has 0 bridgehead atoms. The van der Waals surface area contributed by atoms with Crippen molar-refractivity contribution in [1.82, 2.24) is 5.32 Å². The van der Waals surface area contributed by atoms with Crippen molar-refractivity contribution in [1.29, 1.82) is 0 Å². The van der Waals surface area contributed by atoms with Gasteiger partial charge in [0, 0.05) is 18.7 Å². The van der Waals surface area contributed by atoms with E-state index in [9.17, 15) is 0 Å². The molecule has 0 aliphatic heterocycles. The van der Waals surface area contributed by atoms with Crippen LogP contribution in [-0.2, 0) is 0 Å². The largest absolute Gasteiger partial charge is 0.396 e. The minimum absolute atomic E-state index is 0.243. The van der Waals surface area contributed by atoms with Gasteiger partial charge in [-0.3, -0.25) is 0 Å². The molecule has 1 rings (SSSR count). The van der Waals surface area contributed by atoms with Gasteiger partial charge in [-0.05, 0) is 63.3 Å². The lowest BCUT2D eigenvalue weighted by Gasteiger charge is -2.22. The summed E-state index contributed by atoms with van der Waals surface area (Å²) in [6.45, 7) is 11.0. The van der Waals surface area contributed by atoms with Crippen LogP contribution in [0.15, 0.2) is 12.1 Å². The molecule has 0 aromatic heterocycles. The smallest absolute Gasteiger partial charge is 0.0445 e.